The summed E-state index contributed by atoms with van der Waals surface area (Å²) in [7, 11) is -2.20. The van der Waals surface area contributed by atoms with E-state index in [-0.39, 0.29) is 30.5 Å². The number of carbonyl (C=O) groups excluding carboxylic acids is 1. The molecule has 10 nitrogen and oxygen atoms in total. The van der Waals surface area contributed by atoms with Crippen LogP contribution in [0.2, 0.25) is 0 Å². The van der Waals surface area contributed by atoms with E-state index in [1.807, 2.05) is 0 Å². The molecule has 0 radical (unpaired) electrons. The molecule has 3 aromatic rings. The molecule has 0 aliphatic carbocycles. The van der Waals surface area contributed by atoms with Crippen LogP contribution in [0.15, 0.2) is 42.9 Å². The first-order valence-electron chi connectivity index (χ1n) is 10.2. The van der Waals surface area contributed by atoms with Crippen molar-refractivity contribution in [2.45, 2.75) is 19.1 Å². The van der Waals surface area contributed by atoms with Crippen LogP contribution in [0, 0.1) is 0 Å². The van der Waals surface area contributed by atoms with E-state index in [1.54, 1.807) is 18.2 Å². The summed E-state index contributed by atoms with van der Waals surface area (Å²) in [6, 6.07) is 6.61. The average molecular weight is 507 g/mol. The molecule has 3 N–H and O–H groups in total. The van der Waals surface area contributed by atoms with Gasteiger partial charge in [0.1, 0.15) is 11.4 Å². The molecule has 0 atom stereocenters. The quantitative estimate of drug-likeness (QED) is 0.445. The third-order valence-electron chi connectivity index (χ3n) is 5.21. The van der Waals surface area contributed by atoms with Crippen molar-refractivity contribution >= 4 is 44.8 Å². The van der Waals surface area contributed by atoms with E-state index in [0.717, 1.165) is 16.1 Å². The molecule has 184 valence electrons. The smallest absolute Gasteiger partial charge is 0.365 e. The number of aromatic nitrogens is 3. The van der Waals surface area contributed by atoms with E-state index >= 15 is 0 Å². The molecular formula is C21H20F3N7O3S. The van der Waals surface area contributed by atoms with Gasteiger partial charge in [0.25, 0.3) is 0 Å². The van der Waals surface area contributed by atoms with E-state index in [2.05, 4.69) is 30.9 Å². The Morgan fingerprint density at radius 1 is 1.20 bits per heavy atom. The molecule has 0 bridgehead atoms. The summed E-state index contributed by atoms with van der Waals surface area (Å²) in [5.41, 5.74) is 1.33. The Morgan fingerprint density at radius 3 is 2.69 bits per heavy atom. The topological polar surface area (TPSA) is 129 Å². The molecule has 1 aromatic carbocycles. The van der Waals surface area contributed by atoms with Gasteiger partial charge in [0, 0.05) is 26.0 Å². The van der Waals surface area contributed by atoms with E-state index in [9.17, 15) is 26.4 Å². The number of alkyl halides is 3. The van der Waals surface area contributed by atoms with Crippen LogP contribution in [0.3, 0.4) is 0 Å². The molecule has 0 fully saturated rings. The van der Waals surface area contributed by atoms with Gasteiger partial charge < -0.3 is 16.0 Å². The van der Waals surface area contributed by atoms with E-state index in [1.165, 1.54) is 25.5 Å². The number of anilines is 5. The van der Waals surface area contributed by atoms with Crippen LogP contribution in [-0.4, -0.2) is 42.6 Å². The van der Waals surface area contributed by atoms with Crippen molar-refractivity contribution in [3.63, 3.8) is 0 Å². The fourth-order valence-electron chi connectivity index (χ4n) is 3.38. The van der Waals surface area contributed by atoms with Crippen molar-refractivity contribution in [2.24, 2.45) is 0 Å². The lowest BCUT2D eigenvalue weighted by molar-refractivity contribution is -0.137. The fraction of sp³-hybridized carbons (Fsp3) is 0.238. The van der Waals surface area contributed by atoms with Gasteiger partial charge in [-0.2, -0.15) is 18.2 Å². The lowest BCUT2D eigenvalue weighted by Crippen LogP contribution is -2.25. The first-order valence-corrected chi connectivity index (χ1v) is 12.0. The van der Waals surface area contributed by atoms with Crippen LogP contribution in [0.4, 0.5) is 42.0 Å². The van der Waals surface area contributed by atoms with Crippen LogP contribution in [0.25, 0.3) is 0 Å². The van der Waals surface area contributed by atoms with Crippen molar-refractivity contribution in [2.75, 3.05) is 33.6 Å². The summed E-state index contributed by atoms with van der Waals surface area (Å²) in [5, 5.41) is 8.19. The number of sulfonamides is 1. The highest BCUT2D eigenvalue weighted by molar-refractivity contribution is 7.92. The van der Waals surface area contributed by atoms with Gasteiger partial charge >= 0.3 is 6.18 Å². The van der Waals surface area contributed by atoms with E-state index < -0.39 is 27.6 Å². The van der Waals surface area contributed by atoms with Crippen molar-refractivity contribution in [3.05, 3.63) is 59.5 Å². The number of fused-ring (bicyclic) bond motifs is 1. The number of pyridine rings is 1. The molecule has 35 heavy (non-hydrogen) atoms. The molecule has 0 saturated carbocycles. The zero-order valence-electron chi connectivity index (χ0n) is 18.5. The standard InChI is InChI=1S/C21H20F3N7O3S/c1-31(35(2,33)34)14-6-12(8-25-10-14)9-26-19-15(21(22,23)24)11-27-20(30-19)28-16-5-3-4-13-7-17(32)29-18(13)16/h3-6,8,10-11H,7,9H2,1-2H3,(H,29,32)(H2,26,27,28,30). The van der Waals surface area contributed by atoms with Crippen LogP contribution in [0.1, 0.15) is 16.7 Å². The predicted octanol–water partition coefficient (Wildman–Crippen LogP) is 3.14. The number of nitrogens with one attached hydrogen (secondary N) is 3. The molecule has 0 spiro atoms. The lowest BCUT2D eigenvalue weighted by atomic mass is 10.1. The zero-order valence-corrected chi connectivity index (χ0v) is 19.3. The molecule has 3 heterocycles. The summed E-state index contributed by atoms with van der Waals surface area (Å²) >= 11 is 0. The maximum absolute atomic E-state index is 13.6. The molecular weight excluding hydrogens is 487 g/mol. The van der Waals surface area contributed by atoms with Gasteiger partial charge in [0.15, 0.2) is 0 Å². The van der Waals surface area contributed by atoms with Gasteiger partial charge in [-0.25, -0.2) is 13.4 Å². The van der Waals surface area contributed by atoms with Gasteiger partial charge in [-0.3, -0.25) is 14.1 Å². The fourth-order valence-corrected chi connectivity index (χ4v) is 3.86. The molecule has 2 aromatic heterocycles. The number of para-hydroxylation sites is 1. The average Bonchev–Trinajstić information content (AvgIpc) is 3.17. The molecule has 1 aliphatic heterocycles. The predicted molar refractivity (Wildman–Crippen MR) is 124 cm³/mol. The molecule has 1 aliphatic rings. The Labute approximate surface area is 198 Å². The largest absolute Gasteiger partial charge is 0.421 e. The van der Waals surface area contributed by atoms with Gasteiger partial charge in [-0.05, 0) is 23.3 Å². The van der Waals surface area contributed by atoms with E-state index in [4.69, 9.17) is 0 Å². The SMILES string of the molecule is CN(c1cncc(CNc2nc(Nc3cccc4c3NC(=O)C4)ncc2C(F)(F)F)c1)S(C)(=O)=O. The Balaban J connectivity index is 1.60. The Morgan fingerprint density at radius 2 is 1.97 bits per heavy atom. The van der Waals surface area contributed by atoms with Crippen LogP contribution < -0.4 is 20.3 Å². The van der Waals surface area contributed by atoms with Gasteiger partial charge in [-0.1, -0.05) is 12.1 Å². The third kappa shape index (κ3) is 5.42. The highest BCUT2D eigenvalue weighted by Crippen LogP contribution is 2.36. The summed E-state index contributed by atoms with van der Waals surface area (Å²) in [4.78, 5) is 23.5. The maximum Gasteiger partial charge on any atom is 0.421 e. The molecule has 1 amide bonds. The van der Waals surface area contributed by atoms with Crippen molar-refractivity contribution in [3.8, 4) is 0 Å². The summed E-state index contributed by atoms with van der Waals surface area (Å²) in [5.74, 6) is -0.783. The van der Waals surface area contributed by atoms with Crippen molar-refractivity contribution < 1.29 is 26.4 Å². The number of rotatable bonds is 7. The van der Waals surface area contributed by atoms with E-state index in [0.29, 0.717) is 23.1 Å². The minimum atomic E-state index is -4.72. The second kappa shape index (κ2) is 9.02. The zero-order chi connectivity index (χ0) is 25.4. The number of halogens is 3. The van der Waals surface area contributed by atoms with Crippen molar-refractivity contribution in [1.82, 2.24) is 15.0 Å². The maximum atomic E-state index is 13.6. The van der Waals surface area contributed by atoms with Gasteiger partial charge in [0.05, 0.1) is 35.9 Å². The number of carbonyl (C=O) groups is 1. The third-order valence-corrected chi connectivity index (χ3v) is 6.41. The minimum absolute atomic E-state index is 0.112. The number of hydrogen-bond donors (Lipinski definition) is 3. The van der Waals surface area contributed by atoms with Crippen LogP contribution >= 0.6 is 0 Å². The molecule has 14 heteroatoms. The first kappa shape index (κ1) is 24.2. The molecule has 0 saturated heterocycles. The monoisotopic (exact) mass is 507 g/mol. The minimum Gasteiger partial charge on any atom is -0.365 e. The summed E-state index contributed by atoms with van der Waals surface area (Å²) < 4.78 is 65.3. The first-order chi connectivity index (χ1) is 16.4. The number of hydrogen-bond acceptors (Lipinski definition) is 8. The number of amides is 1. The van der Waals surface area contributed by atoms with Crippen LogP contribution in [-0.2, 0) is 34.0 Å². The summed E-state index contributed by atoms with van der Waals surface area (Å²) in [6.45, 7) is -0.116. The second-order valence-corrected chi connectivity index (χ2v) is 9.79. The Kier molecular flexibility index (Phi) is 6.23. The molecule has 4 rings (SSSR count). The summed E-state index contributed by atoms with van der Waals surface area (Å²) in [6.07, 6.45) is -0.111. The number of benzene rings is 1. The number of nitrogens with zero attached hydrogens (tertiary/aromatic N) is 4. The highest BCUT2D eigenvalue weighted by Gasteiger charge is 2.35. The Bertz CT molecular complexity index is 1400. The Hall–Kier alpha value is -3.94. The van der Waals surface area contributed by atoms with Gasteiger partial charge in [0.2, 0.25) is 21.9 Å². The molecule has 0 unspecified atom stereocenters. The van der Waals surface area contributed by atoms with Crippen LogP contribution in [0.5, 0.6) is 0 Å². The highest BCUT2D eigenvalue weighted by atomic mass is 32.2. The normalized spacial score (nSPS) is 13.2. The second-order valence-electron chi connectivity index (χ2n) is 7.78. The lowest BCUT2D eigenvalue weighted by Gasteiger charge is -2.18. The van der Waals surface area contributed by atoms with Gasteiger partial charge in [-0.15, -0.1) is 0 Å². The van der Waals surface area contributed by atoms with Crippen molar-refractivity contribution in [1.29, 1.82) is 0 Å².